The second kappa shape index (κ2) is 7.90. The average Bonchev–Trinajstić information content (AvgIpc) is 2.74. The molecule has 0 bridgehead atoms. The lowest BCUT2D eigenvalue weighted by Crippen LogP contribution is -2.48. The van der Waals surface area contributed by atoms with Crippen LogP contribution in [0.15, 0.2) is 53.3 Å². The average molecular weight is 386 g/mol. The summed E-state index contributed by atoms with van der Waals surface area (Å²) in [5.41, 5.74) is 3.67. The van der Waals surface area contributed by atoms with Crippen LogP contribution in [0.1, 0.15) is 27.0 Å². The van der Waals surface area contributed by atoms with Gasteiger partial charge in [-0.25, -0.2) is 0 Å². The first kappa shape index (κ1) is 18.9. The third kappa shape index (κ3) is 4.05. The van der Waals surface area contributed by atoms with Crippen LogP contribution in [0.5, 0.6) is 0 Å². The van der Waals surface area contributed by atoms with E-state index >= 15 is 0 Å². The van der Waals surface area contributed by atoms with Gasteiger partial charge in [0.1, 0.15) is 0 Å². The molecule has 6 nitrogen and oxygen atoms in total. The predicted molar refractivity (Wildman–Crippen MR) is 112 cm³/mol. The molecular formula is C23H22N4O2. The Kier molecular flexibility index (Phi) is 5.15. The maximum atomic E-state index is 12.7. The van der Waals surface area contributed by atoms with Crippen LogP contribution in [0, 0.1) is 18.3 Å². The molecule has 1 aromatic heterocycles. The minimum atomic E-state index is -0.0603. The van der Waals surface area contributed by atoms with Gasteiger partial charge in [-0.1, -0.05) is 18.2 Å². The number of carbonyl (C=O) groups excluding carboxylic acids is 1. The second-order valence-electron chi connectivity index (χ2n) is 7.48. The summed E-state index contributed by atoms with van der Waals surface area (Å²) in [6, 6.07) is 16.9. The molecule has 1 amide bonds. The minimum Gasteiger partial charge on any atom is -0.336 e. The number of hydrogen-bond acceptors (Lipinski definition) is 4. The SMILES string of the molecule is Cc1ccc2cc(CN3CCN(C(=O)c4cccc(C#N)c4)CC3)c(=O)[nH]c2c1. The molecule has 0 aliphatic carbocycles. The molecule has 0 atom stereocenters. The molecule has 1 aliphatic rings. The topological polar surface area (TPSA) is 80.2 Å². The minimum absolute atomic E-state index is 0.0549. The van der Waals surface area contributed by atoms with Crippen LogP contribution in [0.3, 0.4) is 0 Å². The lowest BCUT2D eigenvalue weighted by Gasteiger charge is -2.34. The molecule has 29 heavy (non-hydrogen) atoms. The van der Waals surface area contributed by atoms with Crippen molar-refractivity contribution in [3.8, 4) is 6.07 Å². The summed E-state index contributed by atoms with van der Waals surface area (Å²) in [7, 11) is 0. The van der Waals surface area contributed by atoms with Crippen molar-refractivity contribution < 1.29 is 4.79 Å². The number of nitrogens with zero attached hydrogens (tertiary/aromatic N) is 3. The number of benzene rings is 2. The molecule has 4 rings (SSSR count). The Labute approximate surface area is 169 Å². The number of nitrogens with one attached hydrogen (secondary N) is 1. The van der Waals surface area contributed by atoms with Crippen molar-refractivity contribution in [1.82, 2.24) is 14.8 Å². The number of carbonyl (C=O) groups is 1. The predicted octanol–water partition coefficient (Wildman–Crippen LogP) is 2.67. The van der Waals surface area contributed by atoms with Gasteiger partial charge >= 0.3 is 0 Å². The number of rotatable bonds is 3. The number of hydrogen-bond donors (Lipinski definition) is 1. The van der Waals surface area contributed by atoms with Crippen molar-refractivity contribution in [3.63, 3.8) is 0 Å². The molecule has 6 heteroatoms. The second-order valence-corrected chi connectivity index (χ2v) is 7.48. The van der Waals surface area contributed by atoms with Crippen molar-refractivity contribution in [1.29, 1.82) is 5.26 Å². The molecule has 1 saturated heterocycles. The maximum Gasteiger partial charge on any atom is 0.253 e. The highest BCUT2D eigenvalue weighted by Crippen LogP contribution is 2.15. The molecule has 3 aromatic rings. The van der Waals surface area contributed by atoms with Gasteiger partial charge in [-0.15, -0.1) is 0 Å². The van der Waals surface area contributed by atoms with Crippen LogP contribution < -0.4 is 5.56 Å². The van der Waals surface area contributed by atoms with Crippen LogP contribution in [-0.4, -0.2) is 46.9 Å². The zero-order chi connectivity index (χ0) is 20.4. The highest BCUT2D eigenvalue weighted by molar-refractivity contribution is 5.94. The summed E-state index contributed by atoms with van der Waals surface area (Å²) in [4.78, 5) is 32.1. The fourth-order valence-electron chi connectivity index (χ4n) is 3.73. The number of aromatic nitrogens is 1. The van der Waals surface area contributed by atoms with Crippen LogP contribution >= 0.6 is 0 Å². The fourth-order valence-corrected chi connectivity index (χ4v) is 3.73. The maximum absolute atomic E-state index is 12.7. The Morgan fingerprint density at radius 1 is 1.10 bits per heavy atom. The molecule has 0 unspecified atom stereocenters. The zero-order valence-electron chi connectivity index (χ0n) is 16.3. The summed E-state index contributed by atoms with van der Waals surface area (Å²) in [5, 5.41) is 10.0. The van der Waals surface area contributed by atoms with Gasteiger partial charge in [-0.05, 0) is 48.2 Å². The van der Waals surface area contributed by atoms with E-state index in [2.05, 4.69) is 16.0 Å². The van der Waals surface area contributed by atoms with E-state index in [-0.39, 0.29) is 11.5 Å². The molecule has 1 aliphatic heterocycles. The number of fused-ring (bicyclic) bond motifs is 1. The zero-order valence-corrected chi connectivity index (χ0v) is 16.3. The Morgan fingerprint density at radius 2 is 1.90 bits per heavy atom. The van der Waals surface area contributed by atoms with E-state index in [4.69, 9.17) is 5.26 Å². The molecule has 0 spiro atoms. The van der Waals surface area contributed by atoms with Gasteiger partial charge in [-0.2, -0.15) is 5.26 Å². The lowest BCUT2D eigenvalue weighted by atomic mass is 10.1. The van der Waals surface area contributed by atoms with Crippen molar-refractivity contribution in [2.75, 3.05) is 26.2 Å². The fraction of sp³-hybridized carbons (Fsp3) is 0.261. The third-order valence-electron chi connectivity index (χ3n) is 5.37. The Balaban J connectivity index is 1.42. The van der Waals surface area contributed by atoms with E-state index in [0.717, 1.165) is 22.0 Å². The first-order valence-electron chi connectivity index (χ1n) is 9.68. The van der Waals surface area contributed by atoms with Gasteiger partial charge in [0, 0.05) is 49.4 Å². The van der Waals surface area contributed by atoms with Crippen molar-refractivity contribution in [3.05, 3.63) is 81.1 Å². The monoisotopic (exact) mass is 386 g/mol. The summed E-state index contributed by atoms with van der Waals surface area (Å²) in [6.45, 7) is 5.17. The van der Waals surface area contributed by atoms with Gasteiger partial charge in [0.05, 0.1) is 11.6 Å². The van der Waals surface area contributed by atoms with Crippen LogP contribution in [-0.2, 0) is 6.54 Å². The molecule has 0 saturated carbocycles. The first-order chi connectivity index (χ1) is 14.0. The van der Waals surface area contributed by atoms with Gasteiger partial charge < -0.3 is 9.88 Å². The number of H-pyrrole nitrogens is 1. The van der Waals surface area contributed by atoms with Crippen LogP contribution in [0.25, 0.3) is 10.9 Å². The Bertz CT molecular complexity index is 1170. The van der Waals surface area contributed by atoms with Gasteiger partial charge in [0.15, 0.2) is 0 Å². The molecule has 0 radical (unpaired) electrons. The van der Waals surface area contributed by atoms with Crippen LogP contribution in [0.4, 0.5) is 0 Å². The normalized spacial score (nSPS) is 14.7. The van der Waals surface area contributed by atoms with E-state index in [1.54, 1.807) is 29.2 Å². The Morgan fingerprint density at radius 3 is 2.66 bits per heavy atom. The standard InChI is InChI=1S/C23H22N4O2/c1-16-5-6-18-13-20(22(28)25-21(18)11-16)15-26-7-9-27(10-8-26)23(29)19-4-2-3-17(12-19)14-24/h2-6,11-13H,7-10,15H2,1H3,(H,25,28). The van der Waals surface area contributed by atoms with Crippen LogP contribution in [0.2, 0.25) is 0 Å². The van der Waals surface area contributed by atoms with E-state index in [9.17, 15) is 9.59 Å². The Hall–Kier alpha value is -3.43. The quantitative estimate of drug-likeness (QED) is 0.750. The van der Waals surface area contributed by atoms with Gasteiger partial charge in [0.2, 0.25) is 0 Å². The molecule has 2 aromatic carbocycles. The summed E-state index contributed by atoms with van der Waals surface area (Å²) >= 11 is 0. The number of piperazine rings is 1. The lowest BCUT2D eigenvalue weighted by molar-refractivity contribution is 0.0628. The highest BCUT2D eigenvalue weighted by atomic mass is 16.2. The molecule has 2 heterocycles. The molecule has 1 N–H and O–H groups in total. The van der Waals surface area contributed by atoms with Gasteiger partial charge in [0.25, 0.3) is 11.5 Å². The van der Waals surface area contributed by atoms with E-state index in [1.807, 2.05) is 31.2 Å². The summed E-state index contributed by atoms with van der Waals surface area (Å²) < 4.78 is 0. The summed E-state index contributed by atoms with van der Waals surface area (Å²) in [6.07, 6.45) is 0. The number of aromatic amines is 1. The summed E-state index contributed by atoms with van der Waals surface area (Å²) in [5.74, 6) is -0.0549. The van der Waals surface area contributed by atoms with Crippen molar-refractivity contribution in [2.24, 2.45) is 0 Å². The number of pyridine rings is 1. The molecule has 1 fully saturated rings. The van der Waals surface area contributed by atoms with E-state index in [0.29, 0.717) is 43.9 Å². The molecular weight excluding hydrogens is 364 g/mol. The van der Waals surface area contributed by atoms with Crippen molar-refractivity contribution in [2.45, 2.75) is 13.5 Å². The molecule has 146 valence electrons. The van der Waals surface area contributed by atoms with E-state index < -0.39 is 0 Å². The number of aryl methyl sites for hydroxylation is 1. The van der Waals surface area contributed by atoms with Crippen molar-refractivity contribution >= 4 is 16.8 Å². The third-order valence-corrected chi connectivity index (χ3v) is 5.37. The van der Waals surface area contributed by atoms with Gasteiger partial charge in [-0.3, -0.25) is 14.5 Å². The first-order valence-corrected chi connectivity index (χ1v) is 9.68. The smallest absolute Gasteiger partial charge is 0.253 e. The highest BCUT2D eigenvalue weighted by Gasteiger charge is 2.23. The largest absolute Gasteiger partial charge is 0.336 e. The van der Waals surface area contributed by atoms with E-state index in [1.165, 1.54) is 0 Å². The number of amides is 1. The number of nitriles is 1.